The van der Waals surface area contributed by atoms with Crippen LogP contribution in [0, 0.1) is 23.0 Å². The second kappa shape index (κ2) is 17.6. The minimum absolute atomic E-state index is 0.0346. The van der Waals surface area contributed by atoms with E-state index in [2.05, 4.69) is 41.3 Å². The molecule has 2 unspecified atom stereocenters. The minimum atomic E-state index is -0.725. The van der Waals surface area contributed by atoms with Gasteiger partial charge in [-0.05, 0) is 111 Å². The Hall–Kier alpha value is -5.75. The van der Waals surface area contributed by atoms with Crippen LogP contribution in [-0.2, 0) is 16.1 Å². The number of rotatable bonds is 11. The van der Waals surface area contributed by atoms with Crippen molar-refractivity contribution in [3.8, 4) is 23.0 Å². The third-order valence-corrected chi connectivity index (χ3v) is 16.3. The molecule has 3 N–H and O–H groups in total. The number of phenolic OH excluding ortho intramolecular Hbond substituents is 1. The highest BCUT2D eigenvalue weighted by Crippen LogP contribution is 2.47. The number of aromatic nitrogens is 3. The molecule has 69 heavy (non-hydrogen) atoms. The predicted octanol–water partition coefficient (Wildman–Crippen LogP) is 5.88. The molecule has 360 valence electrons. The van der Waals surface area contributed by atoms with Gasteiger partial charge in [0.25, 0.3) is 5.91 Å². The summed E-state index contributed by atoms with van der Waals surface area (Å²) in [6.45, 7) is 10.00. The number of amides is 3. The van der Waals surface area contributed by atoms with E-state index in [1.807, 2.05) is 12.1 Å². The fourth-order valence-electron chi connectivity index (χ4n) is 11.9. The number of hydrogen-bond acceptors (Lipinski definition) is 13. The van der Waals surface area contributed by atoms with Crippen LogP contribution in [0.5, 0.6) is 11.8 Å². The van der Waals surface area contributed by atoms with E-state index in [4.69, 9.17) is 26.3 Å². The Morgan fingerprint density at radius 2 is 1.64 bits per heavy atom. The Kier molecular flexibility index (Phi) is 11.3. The number of likely N-dealkylation sites (tertiary alicyclic amines) is 1. The number of benzene rings is 3. The third-order valence-electron chi connectivity index (χ3n) is 15.9. The summed E-state index contributed by atoms with van der Waals surface area (Å²) in [6, 6.07) is 11.6. The van der Waals surface area contributed by atoms with Gasteiger partial charge in [-0.15, -0.1) is 0 Å². The van der Waals surface area contributed by atoms with Gasteiger partial charge in [0.05, 0.1) is 17.0 Å². The molecule has 3 atom stereocenters. The number of aromatic hydroxyl groups is 1. The Bertz CT molecular complexity index is 2890. The SMILES string of the molecule is O=C1CC[C@@H](N2Cc3cc(N4CCN(CC5CCN(CC6(COc7nc(N8CC9CCC(C8)N9)c8cnc(-c9cc(O)cc%10ccc(F)c(Cl)c9%10)c(F)c8n7)CC6)CC5)CC4)ccc3C2=O)C(=O)N1. The molecule has 15 nitrogen and oxygen atoms in total. The fraction of sp³-hybridized carbons (Fsp3) is 0.490. The molecule has 5 aromatic rings. The van der Waals surface area contributed by atoms with Crippen molar-refractivity contribution >= 4 is 62.5 Å². The molecule has 1 aliphatic carbocycles. The number of phenols is 1. The van der Waals surface area contributed by atoms with E-state index in [9.17, 15) is 23.9 Å². The zero-order valence-electron chi connectivity index (χ0n) is 38.4. The smallest absolute Gasteiger partial charge is 0.319 e. The van der Waals surface area contributed by atoms with Crippen LogP contribution in [0.3, 0.4) is 0 Å². The number of pyridine rings is 1. The number of carbonyl (C=O) groups excluding carboxylic acids is 3. The molecule has 8 heterocycles. The maximum atomic E-state index is 17.0. The number of hydrogen-bond donors (Lipinski definition) is 3. The first kappa shape index (κ1) is 44.5. The molecule has 12 rings (SSSR count). The molecule has 0 radical (unpaired) electrons. The van der Waals surface area contributed by atoms with Crippen molar-refractivity contribution in [2.75, 3.05) is 81.9 Å². The van der Waals surface area contributed by atoms with Crippen LogP contribution >= 0.6 is 11.6 Å². The number of piperazine rings is 2. The lowest BCUT2D eigenvalue weighted by Crippen LogP contribution is -2.52. The van der Waals surface area contributed by atoms with Crippen molar-refractivity contribution in [1.29, 1.82) is 0 Å². The molecule has 1 saturated carbocycles. The van der Waals surface area contributed by atoms with Crippen LogP contribution in [0.2, 0.25) is 5.02 Å². The Morgan fingerprint density at radius 3 is 2.39 bits per heavy atom. The van der Waals surface area contributed by atoms with Gasteiger partial charge in [0, 0.05) is 111 Å². The van der Waals surface area contributed by atoms with Crippen LogP contribution in [0.15, 0.2) is 48.7 Å². The van der Waals surface area contributed by atoms with E-state index in [1.54, 1.807) is 11.1 Å². The van der Waals surface area contributed by atoms with Crippen molar-refractivity contribution in [1.82, 2.24) is 40.3 Å². The van der Waals surface area contributed by atoms with Crippen molar-refractivity contribution < 1.29 is 33.0 Å². The maximum absolute atomic E-state index is 17.0. The largest absolute Gasteiger partial charge is 0.508 e. The molecule has 6 fully saturated rings. The number of anilines is 2. The molecule has 5 saturated heterocycles. The summed E-state index contributed by atoms with van der Waals surface area (Å²) in [4.78, 5) is 63.0. The van der Waals surface area contributed by atoms with E-state index in [-0.39, 0.29) is 62.6 Å². The number of halogens is 3. The number of nitrogens with zero attached hydrogens (tertiary/aromatic N) is 8. The first-order valence-corrected chi connectivity index (χ1v) is 24.9. The van der Waals surface area contributed by atoms with Crippen LogP contribution in [0.1, 0.15) is 67.3 Å². The highest BCUT2D eigenvalue weighted by atomic mass is 35.5. The lowest BCUT2D eigenvalue weighted by molar-refractivity contribution is -0.136. The lowest BCUT2D eigenvalue weighted by atomic mass is 9.94. The monoisotopic (exact) mass is 960 g/mol. The Balaban J connectivity index is 0.678. The van der Waals surface area contributed by atoms with Gasteiger partial charge in [-0.25, -0.2) is 8.78 Å². The molecule has 3 amide bonds. The molecule has 7 aliphatic rings. The summed E-state index contributed by atoms with van der Waals surface area (Å²) in [6.07, 6.45) is 8.59. The molecular weight excluding hydrogens is 906 g/mol. The highest BCUT2D eigenvalue weighted by molar-refractivity contribution is 6.37. The summed E-state index contributed by atoms with van der Waals surface area (Å²) in [7, 11) is 0. The second-order valence-electron chi connectivity index (χ2n) is 20.5. The van der Waals surface area contributed by atoms with Crippen LogP contribution < -0.4 is 25.2 Å². The maximum Gasteiger partial charge on any atom is 0.319 e. The molecule has 6 aliphatic heterocycles. The first-order valence-electron chi connectivity index (χ1n) is 24.5. The first-order chi connectivity index (χ1) is 33.4. The topological polar surface area (TPSA) is 160 Å². The van der Waals surface area contributed by atoms with Crippen molar-refractivity contribution in [2.24, 2.45) is 11.3 Å². The fourth-order valence-corrected chi connectivity index (χ4v) is 12.2. The van der Waals surface area contributed by atoms with Gasteiger partial charge in [0.1, 0.15) is 34.6 Å². The van der Waals surface area contributed by atoms with Crippen molar-refractivity contribution in [2.45, 2.75) is 76.0 Å². The molecule has 18 heteroatoms. The minimum Gasteiger partial charge on any atom is -0.508 e. The van der Waals surface area contributed by atoms with E-state index >= 15 is 4.39 Å². The van der Waals surface area contributed by atoms with E-state index < -0.39 is 23.6 Å². The molecule has 2 bridgehead atoms. The van der Waals surface area contributed by atoms with Gasteiger partial charge >= 0.3 is 6.01 Å². The standard InChI is InChI=1S/C51H55ClF2N10O5/c52-43-39(53)6-1-30-20-35(65)21-37(42(30)43)45-44(54)46-38(22-55-45)47(63-25-32-2-3-33(26-63)56-32)59-50(58-46)69-28-51(11-12-51)27-61-13-9-29(10-14-61)23-60-15-17-62(18-16-60)34-4-5-36-31(19-34)24-64(49(36)68)40-7-8-41(66)57-48(40)67/h1,4-6,19-22,29,32-33,40,56,65H,2-3,7-18,23-28H2,(H,57,66,67)/t32?,33?,40-/m1/s1. The van der Waals surface area contributed by atoms with Crippen LogP contribution in [0.4, 0.5) is 20.3 Å². The summed E-state index contributed by atoms with van der Waals surface area (Å²) in [5.74, 6) is -1.14. The van der Waals surface area contributed by atoms with E-state index in [0.29, 0.717) is 72.8 Å². The summed E-state index contributed by atoms with van der Waals surface area (Å²) >= 11 is 6.46. The quantitative estimate of drug-likeness (QED) is 0.135. The molecular formula is C51H55ClF2N10O5. The number of ether oxygens (including phenoxy) is 1. The van der Waals surface area contributed by atoms with Gasteiger partial charge < -0.3 is 34.8 Å². The van der Waals surface area contributed by atoms with Gasteiger partial charge in [-0.3, -0.25) is 29.6 Å². The van der Waals surface area contributed by atoms with Crippen LogP contribution in [0.25, 0.3) is 32.9 Å². The van der Waals surface area contributed by atoms with Gasteiger partial charge in [0.2, 0.25) is 11.8 Å². The molecule has 0 spiro atoms. The van der Waals surface area contributed by atoms with E-state index in [1.165, 1.54) is 24.3 Å². The number of nitrogens with one attached hydrogen (secondary N) is 2. The number of carbonyl (C=O) groups is 3. The average Bonchev–Trinajstić information content (AvgIpc) is 3.92. The Labute approximate surface area is 403 Å². The number of fused-ring (bicyclic) bond motifs is 5. The third kappa shape index (κ3) is 8.48. The Morgan fingerprint density at radius 1 is 0.855 bits per heavy atom. The predicted molar refractivity (Wildman–Crippen MR) is 256 cm³/mol. The lowest BCUT2D eigenvalue weighted by Gasteiger charge is -2.40. The van der Waals surface area contributed by atoms with Gasteiger partial charge in [-0.1, -0.05) is 17.7 Å². The zero-order chi connectivity index (χ0) is 47.1. The number of imide groups is 1. The van der Waals surface area contributed by atoms with E-state index in [0.717, 1.165) is 102 Å². The summed E-state index contributed by atoms with van der Waals surface area (Å²) in [5, 5.41) is 17.7. The van der Waals surface area contributed by atoms with Crippen molar-refractivity contribution in [3.63, 3.8) is 0 Å². The van der Waals surface area contributed by atoms with Crippen molar-refractivity contribution in [3.05, 3.63) is 76.4 Å². The number of piperidine rings is 2. The zero-order valence-corrected chi connectivity index (χ0v) is 39.1. The summed E-state index contributed by atoms with van der Waals surface area (Å²) in [5.41, 5.74) is 2.73. The highest BCUT2D eigenvalue weighted by Gasteiger charge is 2.46. The second-order valence-corrected chi connectivity index (χ2v) is 20.9. The molecule has 2 aromatic heterocycles. The molecule has 3 aromatic carbocycles. The van der Waals surface area contributed by atoms with Gasteiger partial charge in [-0.2, -0.15) is 9.97 Å². The average molecular weight is 962 g/mol. The van der Waals surface area contributed by atoms with Gasteiger partial charge in [0.15, 0.2) is 5.82 Å². The van der Waals surface area contributed by atoms with Crippen LogP contribution in [-0.4, -0.2) is 143 Å². The summed E-state index contributed by atoms with van der Waals surface area (Å²) < 4.78 is 38.3. The normalized spacial score (nSPS) is 24.1.